The van der Waals surface area contributed by atoms with Gasteiger partial charge in [-0.15, -0.1) is 0 Å². The van der Waals surface area contributed by atoms with Crippen LogP contribution in [0.4, 0.5) is 13.2 Å². The van der Waals surface area contributed by atoms with E-state index in [0.717, 1.165) is 64.3 Å². The Morgan fingerprint density at radius 2 is 2.03 bits per heavy atom. The Balaban J connectivity index is 1.48. The molecule has 1 aromatic rings. The van der Waals surface area contributed by atoms with E-state index in [0.29, 0.717) is 18.2 Å². The summed E-state index contributed by atoms with van der Waals surface area (Å²) in [6, 6.07) is 6.15. The van der Waals surface area contributed by atoms with Crippen molar-refractivity contribution in [2.45, 2.75) is 37.9 Å². The van der Waals surface area contributed by atoms with Gasteiger partial charge in [0.25, 0.3) is 0 Å². The molecule has 3 rings (SSSR count). The molecule has 0 bridgehead atoms. The third-order valence-electron chi connectivity index (χ3n) is 5.88. The number of benzene rings is 1. The molecule has 0 saturated carbocycles. The third kappa shape index (κ3) is 5.85. The second-order valence-electron chi connectivity index (χ2n) is 7.82. The molecule has 0 spiro atoms. The summed E-state index contributed by atoms with van der Waals surface area (Å²) in [5.74, 6) is 0.902. The lowest BCUT2D eigenvalue weighted by Crippen LogP contribution is -2.46. The van der Waals surface area contributed by atoms with Gasteiger partial charge >= 0.3 is 6.18 Å². The zero-order valence-electron chi connectivity index (χ0n) is 17.2. The minimum Gasteiger partial charge on any atom is -0.379 e. The maximum absolute atomic E-state index is 12.9. The molecule has 0 radical (unpaired) electrons. The van der Waals surface area contributed by atoms with Crippen molar-refractivity contribution in [1.82, 2.24) is 15.1 Å². The number of hydrogen-bond donors (Lipinski definition) is 1. The number of hydrogen-bond acceptors (Lipinski definition) is 3. The van der Waals surface area contributed by atoms with Crippen molar-refractivity contribution in [3.63, 3.8) is 0 Å². The van der Waals surface area contributed by atoms with Crippen LogP contribution in [0.25, 0.3) is 0 Å². The van der Waals surface area contributed by atoms with Gasteiger partial charge in [0.05, 0.1) is 18.8 Å². The maximum atomic E-state index is 12.9. The van der Waals surface area contributed by atoms with Gasteiger partial charge in [-0.2, -0.15) is 13.2 Å². The molecule has 29 heavy (non-hydrogen) atoms. The average molecular weight is 413 g/mol. The molecule has 2 unspecified atom stereocenters. The smallest absolute Gasteiger partial charge is 0.379 e. The summed E-state index contributed by atoms with van der Waals surface area (Å²) >= 11 is 0. The highest BCUT2D eigenvalue weighted by Gasteiger charge is 2.31. The van der Waals surface area contributed by atoms with E-state index in [1.54, 1.807) is 13.1 Å². The van der Waals surface area contributed by atoms with E-state index >= 15 is 0 Å². The van der Waals surface area contributed by atoms with E-state index < -0.39 is 11.7 Å². The minimum absolute atomic E-state index is 0.0302. The SMILES string of the molecule is CN=C(NCCC(C)c1cccc(C(F)(F)F)c1)N1CCC(N2CCOCC2)C1. The number of morpholine rings is 1. The Morgan fingerprint density at radius 3 is 2.72 bits per heavy atom. The molecule has 0 amide bonds. The Hall–Kier alpha value is -1.80. The Kier molecular flexibility index (Phi) is 7.40. The van der Waals surface area contributed by atoms with Crippen molar-refractivity contribution < 1.29 is 17.9 Å². The van der Waals surface area contributed by atoms with Crippen LogP contribution < -0.4 is 5.32 Å². The van der Waals surface area contributed by atoms with Gasteiger partial charge in [-0.1, -0.05) is 25.1 Å². The van der Waals surface area contributed by atoms with Crippen LogP contribution in [0.5, 0.6) is 0 Å². The third-order valence-corrected chi connectivity index (χ3v) is 5.88. The highest BCUT2D eigenvalue weighted by molar-refractivity contribution is 5.80. The van der Waals surface area contributed by atoms with E-state index in [-0.39, 0.29) is 5.92 Å². The molecule has 2 saturated heterocycles. The van der Waals surface area contributed by atoms with Crippen LogP contribution in [0.15, 0.2) is 29.3 Å². The van der Waals surface area contributed by atoms with E-state index in [1.807, 2.05) is 6.92 Å². The van der Waals surface area contributed by atoms with Crippen LogP contribution >= 0.6 is 0 Å². The minimum atomic E-state index is -4.30. The zero-order valence-corrected chi connectivity index (χ0v) is 17.2. The molecular weight excluding hydrogens is 381 g/mol. The van der Waals surface area contributed by atoms with E-state index in [2.05, 4.69) is 20.1 Å². The van der Waals surface area contributed by atoms with Crippen LogP contribution in [0.3, 0.4) is 0 Å². The van der Waals surface area contributed by atoms with Crippen LogP contribution in [-0.2, 0) is 10.9 Å². The number of aliphatic imine (C=N–C) groups is 1. The monoisotopic (exact) mass is 412 g/mol. The molecule has 162 valence electrons. The first-order chi connectivity index (χ1) is 13.9. The maximum Gasteiger partial charge on any atom is 0.416 e. The molecule has 0 aromatic heterocycles. The summed E-state index contributed by atoms with van der Waals surface area (Å²) in [6.07, 6.45) is -2.45. The first-order valence-corrected chi connectivity index (χ1v) is 10.3. The molecule has 2 aliphatic heterocycles. The van der Waals surface area contributed by atoms with Gasteiger partial charge in [0.15, 0.2) is 5.96 Å². The molecule has 2 atom stereocenters. The van der Waals surface area contributed by atoms with Gasteiger partial charge in [0.2, 0.25) is 0 Å². The number of guanidine groups is 1. The van der Waals surface area contributed by atoms with Gasteiger partial charge in [0.1, 0.15) is 0 Å². The standard InChI is InChI=1S/C21H31F3N4O/c1-16(17-4-3-5-18(14-17)21(22,23)24)6-8-26-20(25-2)28-9-7-19(15-28)27-10-12-29-13-11-27/h3-5,14,16,19H,6-13,15H2,1-2H3,(H,25,26). The summed E-state index contributed by atoms with van der Waals surface area (Å²) in [7, 11) is 1.78. The van der Waals surface area contributed by atoms with Crippen molar-refractivity contribution in [3.8, 4) is 0 Å². The number of likely N-dealkylation sites (tertiary alicyclic amines) is 1. The lowest BCUT2D eigenvalue weighted by Gasteiger charge is -2.32. The first kappa shape index (κ1) is 21.9. The fourth-order valence-corrected chi connectivity index (χ4v) is 4.10. The summed E-state index contributed by atoms with van der Waals surface area (Å²) in [5, 5.41) is 3.39. The number of nitrogens with one attached hydrogen (secondary N) is 1. The van der Waals surface area contributed by atoms with Crippen LogP contribution in [0.1, 0.15) is 36.8 Å². The molecule has 2 aliphatic rings. The summed E-state index contributed by atoms with van der Waals surface area (Å²) < 4.78 is 44.2. The first-order valence-electron chi connectivity index (χ1n) is 10.3. The summed E-state index contributed by atoms with van der Waals surface area (Å²) in [6.45, 7) is 8.12. The van der Waals surface area contributed by atoms with E-state index in [1.165, 1.54) is 12.1 Å². The predicted octanol–water partition coefficient (Wildman–Crippen LogP) is 3.18. The summed E-state index contributed by atoms with van der Waals surface area (Å²) in [5.41, 5.74) is 0.127. The molecule has 1 N–H and O–H groups in total. The Bertz CT molecular complexity index is 689. The van der Waals surface area contributed by atoms with Crippen LogP contribution in [0, 0.1) is 0 Å². The molecule has 2 fully saturated rings. The van der Waals surface area contributed by atoms with E-state index in [4.69, 9.17) is 4.74 Å². The van der Waals surface area contributed by atoms with Gasteiger partial charge in [0, 0.05) is 45.8 Å². The highest BCUT2D eigenvalue weighted by Crippen LogP contribution is 2.31. The quantitative estimate of drug-likeness (QED) is 0.596. The molecule has 1 aromatic carbocycles. The van der Waals surface area contributed by atoms with Crippen molar-refractivity contribution in [2.75, 3.05) is 53.0 Å². The van der Waals surface area contributed by atoms with Gasteiger partial charge < -0.3 is 15.0 Å². The zero-order chi connectivity index (χ0) is 20.9. The number of rotatable bonds is 5. The van der Waals surface area contributed by atoms with Crippen molar-refractivity contribution in [2.24, 2.45) is 4.99 Å². The second-order valence-corrected chi connectivity index (χ2v) is 7.82. The molecule has 0 aliphatic carbocycles. The lowest BCUT2D eigenvalue weighted by molar-refractivity contribution is -0.137. The van der Waals surface area contributed by atoms with Crippen molar-refractivity contribution in [1.29, 1.82) is 0 Å². The normalized spacial score (nSPS) is 22.7. The number of alkyl halides is 3. The van der Waals surface area contributed by atoms with Gasteiger partial charge in [-0.3, -0.25) is 9.89 Å². The van der Waals surface area contributed by atoms with Crippen LogP contribution in [-0.4, -0.2) is 74.8 Å². The number of nitrogens with zero attached hydrogens (tertiary/aromatic N) is 3. The lowest BCUT2D eigenvalue weighted by atomic mass is 9.96. The average Bonchev–Trinajstić information content (AvgIpc) is 3.21. The Morgan fingerprint density at radius 1 is 1.28 bits per heavy atom. The van der Waals surface area contributed by atoms with E-state index in [9.17, 15) is 13.2 Å². The molecule has 5 nitrogen and oxygen atoms in total. The molecular formula is C21H31F3N4O. The largest absolute Gasteiger partial charge is 0.416 e. The highest BCUT2D eigenvalue weighted by atomic mass is 19.4. The van der Waals surface area contributed by atoms with Gasteiger partial charge in [-0.25, -0.2) is 0 Å². The molecule has 2 heterocycles. The second kappa shape index (κ2) is 9.80. The topological polar surface area (TPSA) is 40.1 Å². The fourth-order valence-electron chi connectivity index (χ4n) is 4.10. The number of halogens is 3. The van der Waals surface area contributed by atoms with Crippen molar-refractivity contribution in [3.05, 3.63) is 35.4 Å². The Labute approximate surface area is 170 Å². The van der Waals surface area contributed by atoms with Crippen molar-refractivity contribution >= 4 is 5.96 Å². The number of ether oxygens (including phenoxy) is 1. The van der Waals surface area contributed by atoms with Gasteiger partial charge in [-0.05, 0) is 30.4 Å². The molecule has 8 heteroatoms. The predicted molar refractivity (Wildman–Crippen MR) is 108 cm³/mol. The fraction of sp³-hybridized carbons (Fsp3) is 0.667. The van der Waals surface area contributed by atoms with Crippen LogP contribution in [0.2, 0.25) is 0 Å². The summed E-state index contributed by atoms with van der Waals surface area (Å²) in [4.78, 5) is 9.17.